The second kappa shape index (κ2) is 6.74. The summed E-state index contributed by atoms with van der Waals surface area (Å²) in [6, 6.07) is 0.0483. The smallest absolute Gasteiger partial charge is 0.261 e. The molecule has 0 bridgehead atoms. The predicted octanol–water partition coefficient (Wildman–Crippen LogP) is 2.26. The Labute approximate surface area is 124 Å². The lowest BCUT2D eigenvalue weighted by Gasteiger charge is -2.19. The Kier molecular flexibility index (Phi) is 5.56. The predicted molar refractivity (Wildman–Crippen MR) is 83.3 cm³/mol. The van der Waals surface area contributed by atoms with Crippen molar-refractivity contribution in [3.05, 3.63) is 16.0 Å². The average Bonchev–Trinajstić information content (AvgIpc) is 2.65. The average molecular weight is 297 g/mol. The van der Waals surface area contributed by atoms with Gasteiger partial charge in [0.25, 0.3) is 11.8 Å². The second-order valence-electron chi connectivity index (χ2n) is 4.90. The normalized spacial score (nSPS) is 10.7. The molecule has 1 aromatic heterocycles. The van der Waals surface area contributed by atoms with E-state index < -0.39 is 0 Å². The number of anilines is 1. The van der Waals surface area contributed by atoms with Gasteiger partial charge in [-0.1, -0.05) is 0 Å². The fourth-order valence-electron chi connectivity index (χ4n) is 2.01. The van der Waals surface area contributed by atoms with Crippen molar-refractivity contribution >= 4 is 28.2 Å². The lowest BCUT2D eigenvalue weighted by molar-refractivity contribution is 0.0774. The van der Waals surface area contributed by atoms with Crippen molar-refractivity contribution in [1.82, 2.24) is 10.2 Å². The van der Waals surface area contributed by atoms with Crippen LogP contribution in [0.1, 0.15) is 53.3 Å². The van der Waals surface area contributed by atoms with Gasteiger partial charge >= 0.3 is 0 Å². The number of nitrogens with zero attached hydrogens (tertiary/aromatic N) is 1. The third-order valence-electron chi connectivity index (χ3n) is 3.06. The van der Waals surface area contributed by atoms with E-state index in [0.29, 0.717) is 34.1 Å². The van der Waals surface area contributed by atoms with Crippen molar-refractivity contribution in [3.63, 3.8) is 0 Å². The Hall–Kier alpha value is -1.56. The van der Waals surface area contributed by atoms with Crippen molar-refractivity contribution < 1.29 is 9.59 Å². The summed E-state index contributed by atoms with van der Waals surface area (Å²) in [5.74, 6) is -0.280. The first-order chi connectivity index (χ1) is 9.33. The third kappa shape index (κ3) is 3.30. The van der Waals surface area contributed by atoms with Gasteiger partial charge in [-0.25, -0.2) is 0 Å². The Bertz CT molecular complexity index is 505. The number of nitrogens with two attached hydrogens (primary N) is 1. The molecule has 0 fully saturated rings. The molecule has 0 aliphatic heterocycles. The van der Waals surface area contributed by atoms with Gasteiger partial charge in [0.2, 0.25) is 0 Å². The monoisotopic (exact) mass is 297 g/mol. The molecule has 6 heteroatoms. The highest BCUT2D eigenvalue weighted by molar-refractivity contribution is 7.18. The maximum absolute atomic E-state index is 12.4. The van der Waals surface area contributed by atoms with Crippen molar-refractivity contribution in [2.75, 3.05) is 18.8 Å². The molecule has 0 atom stereocenters. The number of amides is 2. The van der Waals surface area contributed by atoms with Crippen molar-refractivity contribution in [2.45, 2.75) is 40.7 Å². The van der Waals surface area contributed by atoms with Crippen LogP contribution in [0.4, 0.5) is 5.00 Å². The van der Waals surface area contributed by atoms with Crippen LogP contribution >= 0.6 is 11.3 Å². The summed E-state index contributed by atoms with van der Waals surface area (Å²) in [4.78, 5) is 26.7. The quantitative estimate of drug-likeness (QED) is 0.875. The maximum atomic E-state index is 12.4. The molecule has 20 heavy (non-hydrogen) atoms. The molecule has 112 valence electrons. The SMILES string of the molecule is CCN(CC)C(=O)c1c(N)sc(C(=O)NC(C)C)c1C. The van der Waals surface area contributed by atoms with Crippen LogP contribution in [-0.2, 0) is 0 Å². The molecule has 0 unspecified atom stereocenters. The van der Waals surface area contributed by atoms with E-state index in [1.54, 1.807) is 11.8 Å². The van der Waals surface area contributed by atoms with E-state index in [1.807, 2.05) is 27.7 Å². The minimum absolute atomic E-state index is 0.0483. The Morgan fingerprint density at radius 2 is 1.85 bits per heavy atom. The van der Waals surface area contributed by atoms with Gasteiger partial charge in [0.1, 0.15) is 0 Å². The molecule has 1 heterocycles. The highest BCUT2D eigenvalue weighted by atomic mass is 32.1. The zero-order chi connectivity index (χ0) is 15.4. The van der Waals surface area contributed by atoms with Crippen LogP contribution in [-0.4, -0.2) is 35.8 Å². The van der Waals surface area contributed by atoms with Gasteiger partial charge in [-0.3, -0.25) is 9.59 Å². The fourth-order valence-corrected chi connectivity index (χ4v) is 2.98. The van der Waals surface area contributed by atoms with E-state index >= 15 is 0 Å². The summed E-state index contributed by atoms with van der Waals surface area (Å²) in [5.41, 5.74) is 7.08. The molecule has 0 radical (unpaired) electrons. The molecule has 0 saturated heterocycles. The van der Waals surface area contributed by atoms with Crippen molar-refractivity contribution in [1.29, 1.82) is 0 Å². The molecule has 0 aliphatic carbocycles. The van der Waals surface area contributed by atoms with E-state index in [0.717, 1.165) is 0 Å². The summed E-state index contributed by atoms with van der Waals surface area (Å²) in [6.07, 6.45) is 0. The highest BCUT2D eigenvalue weighted by Crippen LogP contribution is 2.31. The molecule has 1 rings (SSSR count). The van der Waals surface area contributed by atoms with Crippen LogP contribution in [0, 0.1) is 6.92 Å². The molecule has 0 aromatic carbocycles. The maximum Gasteiger partial charge on any atom is 0.261 e. The van der Waals surface area contributed by atoms with Gasteiger partial charge in [-0.15, -0.1) is 11.3 Å². The van der Waals surface area contributed by atoms with Crippen LogP contribution in [0.25, 0.3) is 0 Å². The number of hydrogen-bond acceptors (Lipinski definition) is 4. The van der Waals surface area contributed by atoms with Crippen molar-refractivity contribution in [2.24, 2.45) is 0 Å². The first-order valence-electron chi connectivity index (χ1n) is 6.82. The van der Waals surface area contributed by atoms with Gasteiger partial charge in [-0.2, -0.15) is 0 Å². The van der Waals surface area contributed by atoms with Crippen LogP contribution < -0.4 is 11.1 Å². The number of thiophene rings is 1. The largest absolute Gasteiger partial charge is 0.390 e. The van der Waals surface area contributed by atoms with E-state index in [1.165, 1.54) is 11.3 Å². The van der Waals surface area contributed by atoms with E-state index in [9.17, 15) is 9.59 Å². The van der Waals surface area contributed by atoms with Gasteiger partial charge in [0.05, 0.1) is 15.4 Å². The molecule has 3 N–H and O–H groups in total. The van der Waals surface area contributed by atoms with Gasteiger partial charge in [0.15, 0.2) is 0 Å². The summed E-state index contributed by atoms with van der Waals surface area (Å²) in [5, 5.41) is 3.24. The highest BCUT2D eigenvalue weighted by Gasteiger charge is 2.25. The summed E-state index contributed by atoms with van der Waals surface area (Å²) < 4.78 is 0. The summed E-state index contributed by atoms with van der Waals surface area (Å²) >= 11 is 1.18. The van der Waals surface area contributed by atoms with Crippen molar-refractivity contribution in [3.8, 4) is 0 Å². The topological polar surface area (TPSA) is 75.4 Å². The van der Waals surface area contributed by atoms with E-state index in [-0.39, 0.29) is 17.9 Å². The Balaban J connectivity index is 3.15. The zero-order valence-electron chi connectivity index (χ0n) is 12.7. The van der Waals surface area contributed by atoms with Gasteiger partial charge in [-0.05, 0) is 40.2 Å². The Morgan fingerprint density at radius 3 is 2.30 bits per heavy atom. The molecule has 0 spiro atoms. The van der Waals surface area contributed by atoms with Crippen LogP contribution in [0.5, 0.6) is 0 Å². The lowest BCUT2D eigenvalue weighted by Crippen LogP contribution is -2.32. The molecule has 0 saturated carbocycles. The van der Waals surface area contributed by atoms with E-state index in [4.69, 9.17) is 5.73 Å². The number of rotatable bonds is 5. The number of carbonyl (C=O) groups excluding carboxylic acids is 2. The summed E-state index contributed by atoms with van der Waals surface area (Å²) in [7, 11) is 0. The van der Waals surface area contributed by atoms with E-state index in [2.05, 4.69) is 5.32 Å². The van der Waals surface area contributed by atoms with Gasteiger partial charge in [0, 0.05) is 19.1 Å². The molecule has 5 nitrogen and oxygen atoms in total. The first kappa shape index (κ1) is 16.5. The lowest BCUT2D eigenvalue weighted by atomic mass is 10.1. The molecular weight excluding hydrogens is 274 g/mol. The van der Waals surface area contributed by atoms with Crippen LogP contribution in [0.2, 0.25) is 0 Å². The molecule has 0 aliphatic rings. The number of nitrogens with one attached hydrogen (secondary N) is 1. The second-order valence-corrected chi connectivity index (χ2v) is 5.95. The Morgan fingerprint density at radius 1 is 1.30 bits per heavy atom. The minimum Gasteiger partial charge on any atom is -0.390 e. The fraction of sp³-hybridized carbons (Fsp3) is 0.571. The van der Waals surface area contributed by atoms with Crippen LogP contribution in [0.3, 0.4) is 0 Å². The number of nitrogen functional groups attached to an aromatic ring is 1. The van der Waals surface area contributed by atoms with Gasteiger partial charge < -0.3 is 16.0 Å². The minimum atomic E-state index is -0.173. The molecular formula is C14H23N3O2S. The molecule has 1 aromatic rings. The molecule has 2 amide bonds. The number of hydrogen-bond donors (Lipinski definition) is 2. The third-order valence-corrected chi connectivity index (χ3v) is 4.18. The number of carbonyl (C=O) groups is 2. The summed E-state index contributed by atoms with van der Waals surface area (Å²) in [6.45, 7) is 10.7. The van der Waals surface area contributed by atoms with Crippen LogP contribution in [0.15, 0.2) is 0 Å². The standard InChI is InChI=1S/C14H23N3O2S/c1-6-17(7-2)14(19)10-9(5)11(20-12(10)15)13(18)16-8(3)4/h8H,6-7,15H2,1-5H3,(H,16,18). The first-order valence-corrected chi connectivity index (χ1v) is 7.64. The zero-order valence-corrected chi connectivity index (χ0v) is 13.6.